The maximum Gasteiger partial charge on any atom is 0.289 e. The molecule has 0 fully saturated rings. The molecule has 2 aromatic rings. The molecule has 0 radical (unpaired) electrons. The molecule has 0 aliphatic heterocycles. The van der Waals surface area contributed by atoms with Crippen molar-refractivity contribution in [2.24, 2.45) is 0 Å². The number of nitrogens with zero attached hydrogens (tertiary/aromatic N) is 1. The highest BCUT2D eigenvalue weighted by Gasteiger charge is 2.17. The van der Waals surface area contributed by atoms with Crippen molar-refractivity contribution >= 4 is 44.8 Å². The van der Waals surface area contributed by atoms with E-state index >= 15 is 0 Å². The van der Waals surface area contributed by atoms with E-state index in [0.29, 0.717) is 0 Å². The first kappa shape index (κ1) is 15.4. The predicted octanol–water partition coefficient (Wildman–Crippen LogP) is 4.40. The molecule has 0 saturated heterocycles. The lowest BCUT2D eigenvalue weighted by Crippen LogP contribution is -2.14. The van der Waals surface area contributed by atoms with Gasteiger partial charge in [-0.05, 0) is 40.2 Å². The molecule has 0 aromatic heterocycles. The zero-order valence-electron chi connectivity index (χ0n) is 10.3. The van der Waals surface area contributed by atoms with Gasteiger partial charge in [-0.1, -0.05) is 17.7 Å². The van der Waals surface area contributed by atoms with Crippen molar-refractivity contribution < 1.29 is 14.1 Å². The third-order valence-corrected chi connectivity index (χ3v) is 3.53. The molecule has 0 bridgehead atoms. The Morgan fingerprint density at radius 1 is 1.33 bits per heavy atom. The summed E-state index contributed by atoms with van der Waals surface area (Å²) in [6.07, 6.45) is 0. The largest absolute Gasteiger partial charge is 0.322 e. The van der Waals surface area contributed by atoms with Crippen LogP contribution in [0.15, 0.2) is 40.9 Å². The van der Waals surface area contributed by atoms with E-state index in [-0.39, 0.29) is 26.4 Å². The van der Waals surface area contributed by atoms with E-state index in [2.05, 4.69) is 21.2 Å². The fourth-order valence-electron chi connectivity index (χ4n) is 1.61. The number of carbonyl (C=O) groups excluding carboxylic acids is 1. The number of hydrogen-bond donors (Lipinski definition) is 1. The van der Waals surface area contributed by atoms with Gasteiger partial charge in [-0.25, -0.2) is 4.39 Å². The van der Waals surface area contributed by atoms with Crippen LogP contribution in [0.25, 0.3) is 0 Å². The number of hydrogen-bond acceptors (Lipinski definition) is 3. The molecule has 0 spiro atoms. The number of benzene rings is 2. The summed E-state index contributed by atoms with van der Waals surface area (Å²) in [5.41, 5.74) is -0.373. The molecular weight excluding hydrogens is 367 g/mol. The fraction of sp³-hybridized carbons (Fsp3) is 0. The van der Waals surface area contributed by atoms with Crippen LogP contribution in [0, 0.1) is 15.9 Å². The van der Waals surface area contributed by atoms with Gasteiger partial charge >= 0.3 is 0 Å². The summed E-state index contributed by atoms with van der Waals surface area (Å²) in [5, 5.41) is 13.1. The third kappa shape index (κ3) is 3.37. The zero-order valence-corrected chi connectivity index (χ0v) is 12.6. The summed E-state index contributed by atoms with van der Waals surface area (Å²) in [7, 11) is 0. The Morgan fingerprint density at radius 3 is 2.71 bits per heavy atom. The second kappa shape index (κ2) is 6.19. The maximum atomic E-state index is 13.8. The third-order valence-electron chi connectivity index (χ3n) is 2.60. The second-order valence-corrected chi connectivity index (χ2v) is 5.24. The molecule has 0 heterocycles. The normalized spacial score (nSPS) is 10.2. The van der Waals surface area contributed by atoms with E-state index in [1.165, 1.54) is 30.3 Å². The molecule has 2 aromatic carbocycles. The molecule has 0 aliphatic carbocycles. The van der Waals surface area contributed by atoms with Gasteiger partial charge in [-0.15, -0.1) is 0 Å². The molecule has 2 rings (SSSR count). The Labute approximate surface area is 132 Å². The number of nitrogens with one attached hydrogen (secondary N) is 1. The van der Waals surface area contributed by atoms with E-state index in [1.54, 1.807) is 0 Å². The standard InChI is InChI=1S/C13H7BrClFN2O3/c14-9-3-1-2-8(12(9)16)13(19)17-7-4-5-10(15)11(6-7)18(20)21/h1-6H,(H,17,19). The first-order valence-corrected chi connectivity index (χ1v) is 6.76. The quantitative estimate of drug-likeness (QED) is 0.640. The van der Waals surface area contributed by atoms with E-state index in [9.17, 15) is 19.3 Å². The zero-order chi connectivity index (χ0) is 15.6. The lowest BCUT2D eigenvalue weighted by molar-refractivity contribution is -0.384. The van der Waals surface area contributed by atoms with Gasteiger partial charge in [0.05, 0.1) is 15.0 Å². The molecular formula is C13H7BrClFN2O3. The molecule has 0 saturated carbocycles. The number of carbonyl (C=O) groups is 1. The summed E-state index contributed by atoms with van der Waals surface area (Å²) in [4.78, 5) is 22.1. The summed E-state index contributed by atoms with van der Waals surface area (Å²) < 4.78 is 13.9. The van der Waals surface area contributed by atoms with Gasteiger partial charge in [0.1, 0.15) is 10.8 Å². The Morgan fingerprint density at radius 2 is 2.05 bits per heavy atom. The van der Waals surface area contributed by atoms with Crippen LogP contribution in [0.5, 0.6) is 0 Å². The molecule has 108 valence electrons. The monoisotopic (exact) mass is 372 g/mol. The highest BCUT2D eigenvalue weighted by atomic mass is 79.9. The number of nitro benzene ring substituents is 1. The van der Waals surface area contributed by atoms with Gasteiger partial charge < -0.3 is 5.32 Å². The molecule has 8 heteroatoms. The van der Waals surface area contributed by atoms with E-state index in [1.807, 2.05) is 0 Å². The molecule has 5 nitrogen and oxygen atoms in total. The maximum absolute atomic E-state index is 13.8. The van der Waals surface area contributed by atoms with Gasteiger partial charge in [-0.2, -0.15) is 0 Å². The second-order valence-electron chi connectivity index (χ2n) is 3.98. The minimum absolute atomic E-state index is 0.0494. The lowest BCUT2D eigenvalue weighted by atomic mass is 10.2. The van der Waals surface area contributed by atoms with Crippen molar-refractivity contribution in [1.82, 2.24) is 0 Å². The Hall–Kier alpha value is -1.99. The molecule has 1 N–H and O–H groups in total. The predicted molar refractivity (Wildman–Crippen MR) is 80.2 cm³/mol. The topological polar surface area (TPSA) is 72.2 Å². The highest BCUT2D eigenvalue weighted by molar-refractivity contribution is 9.10. The Bertz CT molecular complexity index is 739. The van der Waals surface area contributed by atoms with E-state index < -0.39 is 16.6 Å². The van der Waals surface area contributed by atoms with E-state index in [4.69, 9.17) is 11.6 Å². The van der Waals surface area contributed by atoms with Crippen molar-refractivity contribution in [1.29, 1.82) is 0 Å². The molecule has 0 aliphatic rings. The molecule has 0 unspecified atom stereocenters. The van der Waals surface area contributed by atoms with Gasteiger partial charge in [0.15, 0.2) is 0 Å². The smallest absolute Gasteiger partial charge is 0.289 e. The van der Waals surface area contributed by atoms with Gasteiger partial charge in [-0.3, -0.25) is 14.9 Å². The Balaban J connectivity index is 2.30. The molecule has 1 amide bonds. The van der Waals surface area contributed by atoms with Gasteiger partial charge in [0.2, 0.25) is 0 Å². The van der Waals surface area contributed by atoms with E-state index in [0.717, 1.165) is 6.07 Å². The van der Waals surface area contributed by atoms with Crippen LogP contribution >= 0.6 is 27.5 Å². The van der Waals surface area contributed by atoms with Crippen molar-refractivity contribution in [3.63, 3.8) is 0 Å². The Kier molecular flexibility index (Phi) is 4.54. The minimum atomic E-state index is -0.717. The van der Waals surface area contributed by atoms with Crippen LogP contribution in [0.4, 0.5) is 15.8 Å². The number of anilines is 1. The molecule has 0 atom stereocenters. The first-order chi connectivity index (χ1) is 9.90. The van der Waals surface area contributed by atoms with Crippen LogP contribution in [0.2, 0.25) is 5.02 Å². The lowest BCUT2D eigenvalue weighted by Gasteiger charge is -2.07. The van der Waals surface area contributed by atoms with Gasteiger partial charge in [0, 0.05) is 11.8 Å². The van der Waals surface area contributed by atoms with Gasteiger partial charge in [0.25, 0.3) is 11.6 Å². The number of rotatable bonds is 3. The van der Waals surface area contributed by atoms with Crippen molar-refractivity contribution in [3.8, 4) is 0 Å². The average molecular weight is 374 g/mol. The minimum Gasteiger partial charge on any atom is -0.322 e. The van der Waals surface area contributed by atoms with Crippen LogP contribution in [0.1, 0.15) is 10.4 Å². The summed E-state index contributed by atoms with van der Waals surface area (Å²) >= 11 is 8.65. The summed E-state index contributed by atoms with van der Waals surface area (Å²) in [5.74, 6) is -1.43. The number of nitro groups is 1. The van der Waals surface area contributed by atoms with Crippen molar-refractivity contribution in [3.05, 3.63) is 67.4 Å². The SMILES string of the molecule is O=C(Nc1ccc(Cl)c([N+](=O)[O-])c1)c1cccc(Br)c1F. The average Bonchev–Trinajstić information content (AvgIpc) is 2.43. The highest BCUT2D eigenvalue weighted by Crippen LogP contribution is 2.28. The summed E-state index contributed by atoms with van der Waals surface area (Å²) in [6, 6.07) is 8.05. The van der Waals surface area contributed by atoms with Crippen molar-refractivity contribution in [2.75, 3.05) is 5.32 Å². The van der Waals surface area contributed by atoms with Crippen molar-refractivity contribution in [2.45, 2.75) is 0 Å². The van der Waals surface area contributed by atoms with Crippen LogP contribution in [0.3, 0.4) is 0 Å². The number of halogens is 3. The number of amides is 1. The van der Waals surface area contributed by atoms with Crippen LogP contribution in [-0.2, 0) is 0 Å². The molecule has 21 heavy (non-hydrogen) atoms. The van der Waals surface area contributed by atoms with Crippen LogP contribution < -0.4 is 5.32 Å². The first-order valence-electron chi connectivity index (χ1n) is 5.59. The van der Waals surface area contributed by atoms with Crippen LogP contribution in [-0.4, -0.2) is 10.8 Å². The fourth-order valence-corrected chi connectivity index (χ4v) is 2.16. The summed E-state index contributed by atoms with van der Waals surface area (Å²) in [6.45, 7) is 0.